The Balaban J connectivity index is 1.58. The molecule has 3 atom stereocenters. The summed E-state index contributed by atoms with van der Waals surface area (Å²) in [7, 11) is 1.30. The van der Waals surface area contributed by atoms with Crippen molar-refractivity contribution >= 4 is 22.8 Å². The molecule has 2 aromatic heterocycles. The Kier molecular flexibility index (Phi) is 3.30. The molecule has 2 fully saturated rings. The molecule has 7 heteroatoms. The third-order valence-electron chi connectivity index (χ3n) is 4.72. The molecular formula is C16H17N3O4. The molecule has 0 saturated carbocycles. The highest BCUT2D eigenvalue weighted by atomic mass is 16.5. The van der Waals surface area contributed by atoms with E-state index in [1.54, 1.807) is 6.07 Å². The summed E-state index contributed by atoms with van der Waals surface area (Å²) in [6, 6.07) is 2.58. The van der Waals surface area contributed by atoms with E-state index in [9.17, 15) is 9.59 Å². The lowest BCUT2D eigenvalue weighted by Gasteiger charge is -2.21. The lowest BCUT2D eigenvalue weighted by molar-refractivity contribution is 0.0601. The molecule has 1 amide bonds. The summed E-state index contributed by atoms with van der Waals surface area (Å²) in [6.07, 6.45) is 6.00. The zero-order chi connectivity index (χ0) is 16.0. The van der Waals surface area contributed by atoms with Crippen molar-refractivity contribution < 1.29 is 18.7 Å². The van der Waals surface area contributed by atoms with Crippen molar-refractivity contribution in [2.24, 2.45) is 0 Å². The predicted octanol–water partition coefficient (Wildman–Crippen LogP) is 1.24. The van der Waals surface area contributed by atoms with Gasteiger partial charge in [0.1, 0.15) is 17.5 Å². The third-order valence-corrected chi connectivity index (χ3v) is 4.72. The van der Waals surface area contributed by atoms with Gasteiger partial charge in [0.05, 0.1) is 13.3 Å². The minimum Gasteiger partial charge on any atom is -0.465 e. The summed E-state index contributed by atoms with van der Waals surface area (Å²) in [6.45, 7) is 0. The molecule has 0 aromatic carbocycles. The number of carbonyl (C=O) groups is 2. The summed E-state index contributed by atoms with van der Waals surface area (Å²) in [5.74, 6) is -0.734. The van der Waals surface area contributed by atoms with Crippen LogP contribution in [0.4, 0.5) is 0 Å². The SMILES string of the molecule is COC(=O)c1coc2cnc(C(=O)N[C@@H]3C[C@H]4CC[C@@H]3N4)cc12. The van der Waals surface area contributed by atoms with E-state index in [4.69, 9.17) is 9.15 Å². The topological polar surface area (TPSA) is 93.5 Å². The Hall–Kier alpha value is -2.41. The van der Waals surface area contributed by atoms with E-state index >= 15 is 0 Å². The molecule has 2 aromatic rings. The Morgan fingerprint density at radius 2 is 2.30 bits per heavy atom. The zero-order valence-corrected chi connectivity index (χ0v) is 12.7. The number of ether oxygens (including phenoxy) is 1. The molecule has 2 N–H and O–H groups in total. The van der Waals surface area contributed by atoms with E-state index in [0.29, 0.717) is 28.6 Å². The van der Waals surface area contributed by atoms with E-state index in [1.807, 2.05) is 0 Å². The number of hydrogen-bond donors (Lipinski definition) is 2. The number of hydrogen-bond acceptors (Lipinski definition) is 6. The molecule has 2 aliphatic rings. The number of rotatable bonds is 3. The fourth-order valence-electron chi connectivity index (χ4n) is 3.55. The molecule has 120 valence electrons. The van der Waals surface area contributed by atoms with Crippen LogP contribution < -0.4 is 10.6 Å². The number of carbonyl (C=O) groups excluding carboxylic acids is 2. The molecule has 4 heterocycles. The van der Waals surface area contributed by atoms with E-state index in [0.717, 1.165) is 12.8 Å². The van der Waals surface area contributed by atoms with Crippen molar-refractivity contribution in [2.75, 3.05) is 7.11 Å². The highest BCUT2D eigenvalue weighted by molar-refractivity contribution is 6.05. The van der Waals surface area contributed by atoms with Crippen molar-refractivity contribution in [2.45, 2.75) is 37.4 Å². The van der Waals surface area contributed by atoms with Crippen LogP contribution in [0, 0.1) is 0 Å². The molecule has 23 heavy (non-hydrogen) atoms. The quantitative estimate of drug-likeness (QED) is 0.828. The molecule has 7 nitrogen and oxygen atoms in total. The van der Waals surface area contributed by atoms with E-state index < -0.39 is 5.97 Å². The molecule has 2 bridgehead atoms. The van der Waals surface area contributed by atoms with Gasteiger partial charge in [-0.2, -0.15) is 0 Å². The maximum absolute atomic E-state index is 12.4. The maximum Gasteiger partial charge on any atom is 0.341 e. The first-order chi connectivity index (χ1) is 11.2. The van der Waals surface area contributed by atoms with Gasteiger partial charge in [0.25, 0.3) is 5.91 Å². The second kappa shape index (κ2) is 5.34. The summed E-state index contributed by atoms with van der Waals surface area (Å²) >= 11 is 0. The number of amides is 1. The van der Waals surface area contributed by atoms with Crippen LogP contribution in [0.15, 0.2) is 22.9 Å². The minimum absolute atomic E-state index is 0.142. The smallest absolute Gasteiger partial charge is 0.341 e. The van der Waals surface area contributed by atoms with Gasteiger partial charge in [0, 0.05) is 23.5 Å². The van der Waals surface area contributed by atoms with Gasteiger partial charge >= 0.3 is 5.97 Å². The van der Waals surface area contributed by atoms with E-state index in [2.05, 4.69) is 15.6 Å². The number of nitrogens with zero attached hydrogens (tertiary/aromatic N) is 1. The first kappa shape index (κ1) is 14.2. The predicted molar refractivity (Wildman–Crippen MR) is 81.2 cm³/mol. The average molecular weight is 315 g/mol. The van der Waals surface area contributed by atoms with Crippen LogP contribution in [0.25, 0.3) is 11.0 Å². The highest BCUT2D eigenvalue weighted by Crippen LogP contribution is 2.28. The van der Waals surface area contributed by atoms with Crippen LogP contribution >= 0.6 is 0 Å². The Morgan fingerprint density at radius 3 is 3.00 bits per heavy atom. The van der Waals surface area contributed by atoms with Gasteiger partial charge in [-0.25, -0.2) is 9.78 Å². The summed E-state index contributed by atoms with van der Waals surface area (Å²) in [5, 5.41) is 7.05. The lowest BCUT2D eigenvalue weighted by Crippen LogP contribution is -2.43. The molecule has 0 aliphatic carbocycles. The van der Waals surface area contributed by atoms with Gasteiger partial charge in [-0.1, -0.05) is 0 Å². The summed E-state index contributed by atoms with van der Waals surface area (Å²) in [5.41, 5.74) is 1.01. The van der Waals surface area contributed by atoms with Crippen molar-refractivity contribution in [3.63, 3.8) is 0 Å². The van der Waals surface area contributed by atoms with Crippen LogP contribution in [0.1, 0.15) is 40.1 Å². The number of furan rings is 1. The van der Waals surface area contributed by atoms with E-state index in [-0.39, 0.29) is 17.6 Å². The largest absolute Gasteiger partial charge is 0.465 e. The van der Waals surface area contributed by atoms with Crippen LogP contribution in [0.2, 0.25) is 0 Å². The highest BCUT2D eigenvalue weighted by Gasteiger charge is 2.39. The third kappa shape index (κ3) is 2.37. The fourth-order valence-corrected chi connectivity index (χ4v) is 3.55. The van der Waals surface area contributed by atoms with Gasteiger partial charge in [-0.15, -0.1) is 0 Å². The van der Waals surface area contributed by atoms with E-state index in [1.165, 1.54) is 26.0 Å². The molecule has 2 aliphatic heterocycles. The summed E-state index contributed by atoms with van der Waals surface area (Å²) < 4.78 is 9.99. The fraction of sp³-hybridized carbons (Fsp3) is 0.438. The Morgan fingerprint density at radius 1 is 1.43 bits per heavy atom. The molecule has 0 unspecified atom stereocenters. The van der Waals surface area contributed by atoms with Crippen molar-refractivity contribution in [1.82, 2.24) is 15.6 Å². The molecular weight excluding hydrogens is 298 g/mol. The Labute approximate surface area is 132 Å². The van der Waals surface area contributed by atoms with Crippen LogP contribution in [0.3, 0.4) is 0 Å². The molecule has 0 spiro atoms. The van der Waals surface area contributed by atoms with Crippen molar-refractivity contribution in [1.29, 1.82) is 0 Å². The number of pyridine rings is 1. The van der Waals surface area contributed by atoms with Crippen LogP contribution in [-0.2, 0) is 4.74 Å². The zero-order valence-electron chi connectivity index (χ0n) is 12.7. The number of aromatic nitrogens is 1. The van der Waals surface area contributed by atoms with Crippen molar-refractivity contribution in [3.05, 3.63) is 29.8 Å². The van der Waals surface area contributed by atoms with Crippen LogP contribution in [-0.4, -0.2) is 42.1 Å². The molecule has 2 saturated heterocycles. The van der Waals surface area contributed by atoms with Crippen LogP contribution in [0.5, 0.6) is 0 Å². The molecule has 4 rings (SSSR count). The lowest BCUT2D eigenvalue weighted by atomic mass is 9.95. The van der Waals surface area contributed by atoms with Gasteiger partial charge in [-0.05, 0) is 25.3 Å². The first-order valence-corrected chi connectivity index (χ1v) is 7.68. The second-order valence-corrected chi connectivity index (χ2v) is 6.07. The standard InChI is InChI=1S/C16H17N3O4/c1-22-16(21)10-7-23-14-6-17-13(5-9(10)14)15(20)19-12-4-8-2-3-11(12)18-8/h5-8,11-12,18H,2-4H2,1H3,(H,19,20)/t8-,11+,12-/m1/s1. The first-order valence-electron chi connectivity index (χ1n) is 7.68. The van der Waals surface area contributed by atoms with Crippen molar-refractivity contribution in [3.8, 4) is 0 Å². The van der Waals surface area contributed by atoms with Gasteiger partial charge < -0.3 is 19.8 Å². The Bertz CT molecular complexity index is 785. The number of nitrogens with one attached hydrogen (secondary N) is 2. The number of methoxy groups -OCH3 is 1. The number of esters is 1. The second-order valence-electron chi connectivity index (χ2n) is 6.07. The monoisotopic (exact) mass is 315 g/mol. The minimum atomic E-state index is -0.501. The summed E-state index contributed by atoms with van der Waals surface area (Å²) in [4.78, 5) is 28.3. The average Bonchev–Trinajstić information content (AvgIpc) is 3.28. The molecule has 0 radical (unpaired) electrons. The number of fused-ring (bicyclic) bond motifs is 3. The van der Waals surface area contributed by atoms with Gasteiger partial charge in [0.2, 0.25) is 0 Å². The van der Waals surface area contributed by atoms with Gasteiger partial charge in [0.15, 0.2) is 5.58 Å². The normalized spacial score (nSPS) is 25.7. The maximum atomic E-state index is 12.4. The van der Waals surface area contributed by atoms with Gasteiger partial charge in [-0.3, -0.25) is 4.79 Å².